The van der Waals surface area contributed by atoms with Crippen LogP contribution < -0.4 is 10.6 Å². The van der Waals surface area contributed by atoms with Gasteiger partial charge in [-0.2, -0.15) is 5.10 Å². The van der Waals surface area contributed by atoms with Gasteiger partial charge in [-0.05, 0) is 6.92 Å². The highest BCUT2D eigenvalue weighted by atomic mass is 16.5. The van der Waals surface area contributed by atoms with Crippen molar-refractivity contribution in [2.45, 2.75) is 19.4 Å². The molecular formula is C11H18N4O4. The van der Waals surface area contributed by atoms with Gasteiger partial charge in [-0.1, -0.05) is 0 Å². The maximum atomic E-state index is 11.6. The monoisotopic (exact) mass is 270 g/mol. The third-order valence-corrected chi connectivity index (χ3v) is 2.49. The van der Waals surface area contributed by atoms with Gasteiger partial charge in [0, 0.05) is 26.9 Å². The molecule has 0 aromatic carbocycles. The number of ether oxygens (including phenoxy) is 1. The molecule has 0 spiro atoms. The quantitative estimate of drug-likeness (QED) is 0.691. The molecule has 0 bridgehead atoms. The molecule has 0 aliphatic heterocycles. The first-order chi connectivity index (χ1) is 8.92. The first-order valence-electron chi connectivity index (χ1n) is 5.72. The van der Waals surface area contributed by atoms with Gasteiger partial charge >= 0.3 is 12.0 Å². The Morgan fingerprint density at radius 1 is 1.58 bits per heavy atom. The zero-order chi connectivity index (χ0) is 14.4. The fourth-order valence-electron chi connectivity index (χ4n) is 1.53. The lowest BCUT2D eigenvalue weighted by molar-refractivity contribution is -0.139. The van der Waals surface area contributed by atoms with Gasteiger partial charge in [0.2, 0.25) is 0 Å². The van der Waals surface area contributed by atoms with Crippen molar-refractivity contribution < 1.29 is 19.4 Å². The average molecular weight is 270 g/mol. The molecule has 1 atom stereocenters. The van der Waals surface area contributed by atoms with E-state index in [0.29, 0.717) is 11.4 Å². The Hall–Kier alpha value is -2.09. The first kappa shape index (κ1) is 15.0. The van der Waals surface area contributed by atoms with Crippen LogP contribution in [0.15, 0.2) is 6.20 Å². The Morgan fingerprint density at radius 3 is 2.74 bits per heavy atom. The fourth-order valence-corrected chi connectivity index (χ4v) is 1.53. The predicted octanol–water partition coefficient (Wildman–Crippen LogP) is 0.340. The van der Waals surface area contributed by atoms with Crippen LogP contribution in [0, 0.1) is 6.92 Å². The molecule has 0 aliphatic carbocycles. The second-order valence-corrected chi connectivity index (χ2v) is 4.09. The van der Waals surface area contributed by atoms with E-state index in [1.54, 1.807) is 24.9 Å². The van der Waals surface area contributed by atoms with Gasteiger partial charge in [-0.15, -0.1) is 0 Å². The number of carbonyl (C=O) groups is 2. The van der Waals surface area contributed by atoms with Crippen LogP contribution in [0.1, 0.15) is 12.1 Å². The van der Waals surface area contributed by atoms with Gasteiger partial charge < -0.3 is 20.5 Å². The molecule has 2 amide bonds. The zero-order valence-electron chi connectivity index (χ0n) is 11.1. The highest BCUT2D eigenvalue weighted by Crippen LogP contribution is 2.10. The molecule has 3 N–H and O–H groups in total. The zero-order valence-corrected chi connectivity index (χ0v) is 11.1. The van der Waals surface area contributed by atoms with Crippen LogP contribution in [-0.2, 0) is 16.6 Å². The molecule has 1 unspecified atom stereocenters. The highest BCUT2D eigenvalue weighted by molar-refractivity contribution is 5.89. The van der Waals surface area contributed by atoms with Crippen molar-refractivity contribution in [2.24, 2.45) is 7.05 Å². The third kappa shape index (κ3) is 4.96. The standard InChI is InChI=1S/C11H18N4O4/c1-7-9(6-15(2)14-7)13-11(18)12-5-8(19-3)4-10(16)17/h6,8H,4-5H2,1-3H3,(H,16,17)(H2,12,13,18). The molecule has 0 fully saturated rings. The van der Waals surface area contributed by atoms with Crippen LogP contribution in [0.3, 0.4) is 0 Å². The van der Waals surface area contributed by atoms with Crippen molar-refractivity contribution >= 4 is 17.7 Å². The molecule has 0 saturated carbocycles. The molecular weight excluding hydrogens is 252 g/mol. The van der Waals surface area contributed by atoms with Crippen molar-refractivity contribution in [3.05, 3.63) is 11.9 Å². The van der Waals surface area contributed by atoms with Crippen LogP contribution >= 0.6 is 0 Å². The molecule has 8 nitrogen and oxygen atoms in total. The van der Waals surface area contributed by atoms with Crippen LogP contribution in [0.2, 0.25) is 0 Å². The molecule has 1 heterocycles. The van der Waals surface area contributed by atoms with Crippen molar-refractivity contribution in [1.82, 2.24) is 15.1 Å². The topological polar surface area (TPSA) is 105 Å². The Morgan fingerprint density at radius 2 is 2.26 bits per heavy atom. The number of methoxy groups -OCH3 is 1. The van der Waals surface area contributed by atoms with E-state index in [9.17, 15) is 9.59 Å². The summed E-state index contributed by atoms with van der Waals surface area (Å²) >= 11 is 0. The van der Waals surface area contributed by atoms with Gasteiger partial charge in [-0.25, -0.2) is 4.79 Å². The summed E-state index contributed by atoms with van der Waals surface area (Å²) in [5.41, 5.74) is 1.30. The second-order valence-electron chi connectivity index (χ2n) is 4.09. The second kappa shape index (κ2) is 6.74. The number of aliphatic carboxylic acids is 1. The Balaban J connectivity index is 2.43. The number of aromatic nitrogens is 2. The summed E-state index contributed by atoms with van der Waals surface area (Å²) in [4.78, 5) is 22.2. The van der Waals surface area contributed by atoms with E-state index in [1.165, 1.54) is 7.11 Å². The number of anilines is 1. The molecule has 19 heavy (non-hydrogen) atoms. The number of rotatable bonds is 6. The number of hydrogen-bond acceptors (Lipinski definition) is 4. The summed E-state index contributed by atoms with van der Waals surface area (Å²) in [5, 5.41) is 17.9. The number of urea groups is 1. The number of carboxylic acids is 1. The number of nitrogens with zero attached hydrogens (tertiary/aromatic N) is 2. The van der Waals surface area contributed by atoms with Crippen LogP contribution in [-0.4, -0.2) is 46.6 Å². The van der Waals surface area contributed by atoms with Crippen molar-refractivity contribution in [2.75, 3.05) is 19.0 Å². The van der Waals surface area contributed by atoms with Crippen molar-refractivity contribution in [3.63, 3.8) is 0 Å². The minimum Gasteiger partial charge on any atom is -0.481 e. The largest absolute Gasteiger partial charge is 0.481 e. The lowest BCUT2D eigenvalue weighted by Gasteiger charge is -2.14. The minimum atomic E-state index is -0.975. The summed E-state index contributed by atoms with van der Waals surface area (Å²) in [6.45, 7) is 1.89. The average Bonchev–Trinajstić information content (AvgIpc) is 2.62. The van der Waals surface area contributed by atoms with Crippen molar-refractivity contribution in [3.8, 4) is 0 Å². The summed E-state index contributed by atoms with van der Waals surface area (Å²) < 4.78 is 6.54. The van der Waals surface area contributed by atoms with Gasteiger partial charge in [0.05, 0.1) is 23.9 Å². The van der Waals surface area contributed by atoms with Gasteiger partial charge in [0.15, 0.2) is 0 Å². The van der Waals surface area contributed by atoms with Gasteiger partial charge in [-0.3, -0.25) is 9.48 Å². The summed E-state index contributed by atoms with van der Waals surface area (Å²) in [7, 11) is 3.16. The number of hydrogen-bond donors (Lipinski definition) is 3. The summed E-state index contributed by atoms with van der Waals surface area (Å²) in [5.74, 6) is -0.975. The molecule has 106 valence electrons. The van der Waals surface area contributed by atoms with Crippen LogP contribution in [0.4, 0.5) is 10.5 Å². The van der Waals surface area contributed by atoms with Crippen molar-refractivity contribution in [1.29, 1.82) is 0 Å². The molecule has 0 aliphatic rings. The predicted molar refractivity (Wildman–Crippen MR) is 68.0 cm³/mol. The normalized spacial score (nSPS) is 11.9. The van der Waals surface area contributed by atoms with Crippen LogP contribution in [0.5, 0.6) is 0 Å². The van der Waals surface area contributed by atoms with E-state index in [2.05, 4.69) is 15.7 Å². The number of nitrogens with one attached hydrogen (secondary N) is 2. The molecule has 0 saturated heterocycles. The molecule has 0 radical (unpaired) electrons. The summed E-state index contributed by atoms with van der Waals surface area (Å²) in [6, 6.07) is -0.427. The van der Waals surface area contributed by atoms with Crippen LogP contribution in [0.25, 0.3) is 0 Å². The highest BCUT2D eigenvalue weighted by Gasteiger charge is 2.14. The molecule has 1 aromatic heterocycles. The summed E-state index contributed by atoms with van der Waals surface area (Å²) in [6.07, 6.45) is 0.959. The smallest absolute Gasteiger partial charge is 0.319 e. The maximum Gasteiger partial charge on any atom is 0.319 e. The van der Waals surface area contributed by atoms with E-state index in [0.717, 1.165) is 0 Å². The van der Waals surface area contributed by atoms with Gasteiger partial charge in [0.1, 0.15) is 0 Å². The molecule has 8 heteroatoms. The third-order valence-electron chi connectivity index (χ3n) is 2.49. The Labute approximate surface area is 110 Å². The lowest BCUT2D eigenvalue weighted by atomic mass is 10.2. The van der Waals surface area contributed by atoms with E-state index >= 15 is 0 Å². The first-order valence-corrected chi connectivity index (χ1v) is 5.72. The van der Waals surface area contributed by atoms with E-state index in [4.69, 9.17) is 9.84 Å². The number of amides is 2. The Bertz CT molecular complexity index is 458. The SMILES string of the molecule is COC(CNC(=O)Nc1cn(C)nc1C)CC(=O)O. The Kier molecular flexibility index (Phi) is 5.31. The fraction of sp³-hybridized carbons (Fsp3) is 0.545. The molecule has 1 aromatic rings. The van der Waals surface area contributed by atoms with E-state index in [1.807, 2.05) is 0 Å². The molecule has 1 rings (SSSR count). The minimum absolute atomic E-state index is 0.119. The number of aryl methyl sites for hydroxylation is 2. The van der Waals surface area contributed by atoms with Gasteiger partial charge in [0.25, 0.3) is 0 Å². The van der Waals surface area contributed by atoms with E-state index < -0.39 is 18.1 Å². The number of carbonyl (C=O) groups excluding carboxylic acids is 1. The number of carboxylic acid groups (broad SMARTS) is 1. The lowest BCUT2D eigenvalue weighted by Crippen LogP contribution is -2.37. The van der Waals surface area contributed by atoms with E-state index in [-0.39, 0.29) is 13.0 Å². The maximum absolute atomic E-state index is 11.6.